The van der Waals surface area contributed by atoms with Crippen molar-refractivity contribution in [3.8, 4) is 0 Å². The molecular weight excluding hydrogens is 228 g/mol. The molecule has 0 unspecified atom stereocenters. The third-order valence-electron chi connectivity index (χ3n) is 1.83. The van der Waals surface area contributed by atoms with Crippen LogP contribution in [0.25, 0.3) is 0 Å². The van der Waals surface area contributed by atoms with Crippen molar-refractivity contribution >= 4 is 23.6 Å². The molecule has 0 bridgehead atoms. The Morgan fingerprint density at radius 1 is 1.56 bits per heavy atom. The van der Waals surface area contributed by atoms with E-state index in [2.05, 4.69) is 15.0 Å². The van der Waals surface area contributed by atoms with Crippen molar-refractivity contribution in [2.24, 2.45) is 0 Å². The molecule has 6 heteroatoms. The monoisotopic (exact) mass is 240 g/mol. The molecule has 0 saturated heterocycles. The van der Waals surface area contributed by atoms with E-state index in [1.165, 1.54) is 18.9 Å². The standard InChI is InChI=1S/C10H12N2O3S/c1-15-8(13)6-12-9(14)7-4-3-5-11-10(7)16-2/h3-5H,6H2,1-2H3,(H,12,14). The van der Waals surface area contributed by atoms with Crippen LogP contribution in [0.3, 0.4) is 0 Å². The highest BCUT2D eigenvalue weighted by molar-refractivity contribution is 7.98. The van der Waals surface area contributed by atoms with E-state index in [9.17, 15) is 9.59 Å². The normalized spacial score (nSPS) is 9.62. The first-order valence-electron chi connectivity index (χ1n) is 4.53. The molecule has 1 rings (SSSR count). The number of hydrogen-bond donors (Lipinski definition) is 1. The number of amides is 1. The maximum Gasteiger partial charge on any atom is 0.325 e. The summed E-state index contributed by atoms with van der Waals surface area (Å²) in [4.78, 5) is 26.6. The van der Waals surface area contributed by atoms with Gasteiger partial charge in [-0.25, -0.2) is 4.98 Å². The molecule has 0 saturated carbocycles. The van der Waals surface area contributed by atoms with Crippen molar-refractivity contribution in [1.82, 2.24) is 10.3 Å². The predicted octanol–water partition coefficient (Wildman–Crippen LogP) is 0.706. The smallest absolute Gasteiger partial charge is 0.325 e. The van der Waals surface area contributed by atoms with Gasteiger partial charge in [0, 0.05) is 6.20 Å². The third kappa shape index (κ3) is 3.23. The summed E-state index contributed by atoms with van der Waals surface area (Å²) in [5.74, 6) is -0.814. The Bertz CT molecular complexity index is 395. The first kappa shape index (κ1) is 12.5. The SMILES string of the molecule is COC(=O)CNC(=O)c1cccnc1SC. The van der Waals surface area contributed by atoms with Gasteiger partial charge in [-0.05, 0) is 18.4 Å². The Balaban J connectivity index is 2.69. The predicted molar refractivity (Wildman–Crippen MR) is 60.4 cm³/mol. The van der Waals surface area contributed by atoms with Crippen LogP contribution in [-0.4, -0.2) is 36.8 Å². The van der Waals surface area contributed by atoms with Crippen LogP contribution >= 0.6 is 11.8 Å². The average molecular weight is 240 g/mol. The molecule has 5 nitrogen and oxygen atoms in total. The molecule has 16 heavy (non-hydrogen) atoms. The highest BCUT2D eigenvalue weighted by atomic mass is 32.2. The molecule has 0 aliphatic heterocycles. The Morgan fingerprint density at radius 2 is 2.31 bits per heavy atom. The second-order valence-corrected chi connectivity index (χ2v) is 3.61. The molecule has 1 heterocycles. The summed E-state index contributed by atoms with van der Waals surface area (Å²) in [5.41, 5.74) is 0.457. The lowest BCUT2D eigenvalue weighted by atomic mass is 10.2. The minimum absolute atomic E-state index is 0.141. The van der Waals surface area contributed by atoms with Gasteiger partial charge in [0.15, 0.2) is 0 Å². The van der Waals surface area contributed by atoms with Gasteiger partial charge < -0.3 is 10.1 Å². The van der Waals surface area contributed by atoms with Crippen LogP contribution in [0.4, 0.5) is 0 Å². The van der Waals surface area contributed by atoms with Crippen LogP contribution in [0.5, 0.6) is 0 Å². The van der Waals surface area contributed by atoms with Gasteiger partial charge in [-0.15, -0.1) is 11.8 Å². The minimum atomic E-state index is -0.483. The van der Waals surface area contributed by atoms with E-state index in [1.54, 1.807) is 18.3 Å². The number of nitrogens with one attached hydrogen (secondary N) is 1. The van der Waals surface area contributed by atoms with Gasteiger partial charge in [0.25, 0.3) is 5.91 Å². The molecule has 0 aromatic carbocycles. The Kier molecular flexibility index (Phi) is 4.78. The largest absolute Gasteiger partial charge is 0.468 e. The van der Waals surface area contributed by atoms with Crippen molar-refractivity contribution in [2.45, 2.75) is 5.03 Å². The summed E-state index contributed by atoms with van der Waals surface area (Å²) in [6.07, 6.45) is 3.45. The number of aromatic nitrogens is 1. The average Bonchev–Trinajstić information content (AvgIpc) is 2.35. The number of ether oxygens (including phenoxy) is 1. The fourth-order valence-corrected chi connectivity index (χ4v) is 1.59. The van der Waals surface area contributed by atoms with Gasteiger partial charge in [-0.1, -0.05) is 0 Å². The number of esters is 1. The highest BCUT2D eigenvalue weighted by Crippen LogP contribution is 2.16. The zero-order valence-electron chi connectivity index (χ0n) is 9.02. The van der Waals surface area contributed by atoms with E-state index >= 15 is 0 Å². The number of nitrogens with zero attached hydrogens (tertiary/aromatic N) is 1. The van der Waals surface area contributed by atoms with E-state index in [1.807, 2.05) is 6.26 Å². The van der Waals surface area contributed by atoms with Crippen molar-refractivity contribution in [2.75, 3.05) is 19.9 Å². The quantitative estimate of drug-likeness (QED) is 0.620. The van der Waals surface area contributed by atoms with E-state index < -0.39 is 5.97 Å². The van der Waals surface area contributed by atoms with Gasteiger partial charge in [-0.3, -0.25) is 9.59 Å². The van der Waals surface area contributed by atoms with Crippen LogP contribution in [0.1, 0.15) is 10.4 Å². The summed E-state index contributed by atoms with van der Waals surface area (Å²) in [6.45, 7) is -0.141. The van der Waals surface area contributed by atoms with E-state index in [-0.39, 0.29) is 12.5 Å². The molecule has 1 amide bonds. The van der Waals surface area contributed by atoms with Gasteiger partial charge >= 0.3 is 5.97 Å². The Morgan fingerprint density at radius 3 is 2.94 bits per heavy atom. The Hall–Kier alpha value is -1.56. The number of carbonyl (C=O) groups excluding carboxylic acids is 2. The molecule has 1 aromatic heterocycles. The summed E-state index contributed by atoms with van der Waals surface area (Å²) in [7, 11) is 1.27. The lowest BCUT2D eigenvalue weighted by Crippen LogP contribution is -2.30. The molecule has 0 aliphatic carbocycles. The van der Waals surface area contributed by atoms with Crippen LogP contribution < -0.4 is 5.32 Å². The molecule has 0 spiro atoms. The van der Waals surface area contributed by atoms with E-state index in [0.29, 0.717) is 10.6 Å². The molecular formula is C10H12N2O3S. The topological polar surface area (TPSA) is 68.3 Å². The van der Waals surface area contributed by atoms with Crippen molar-refractivity contribution < 1.29 is 14.3 Å². The van der Waals surface area contributed by atoms with Gasteiger partial charge in [0.2, 0.25) is 0 Å². The van der Waals surface area contributed by atoms with Gasteiger partial charge in [0.05, 0.1) is 12.7 Å². The van der Waals surface area contributed by atoms with E-state index in [0.717, 1.165) is 0 Å². The fourth-order valence-electron chi connectivity index (χ4n) is 1.05. The number of pyridine rings is 1. The third-order valence-corrected chi connectivity index (χ3v) is 2.54. The van der Waals surface area contributed by atoms with E-state index in [4.69, 9.17) is 0 Å². The molecule has 0 aliphatic rings. The summed E-state index contributed by atoms with van der Waals surface area (Å²) < 4.78 is 4.42. The van der Waals surface area contributed by atoms with Crippen molar-refractivity contribution in [3.63, 3.8) is 0 Å². The Labute approximate surface area is 97.6 Å². The van der Waals surface area contributed by atoms with Gasteiger partial charge in [0.1, 0.15) is 11.6 Å². The second-order valence-electron chi connectivity index (χ2n) is 2.82. The zero-order valence-corrected chi connectivity index (χ0v) is 9.84. The number of rotatable bonds is 4. The summed E-state index contributed by atoms with van der Waals surface area (Å²) in [5, 5.41) is 3.09. The first-order chi connectivity index (χ1) is 7.69. The van der Waals surface area contributed by atoms with Crippen molar-refractivity contribution in [1.29, 1.82) is 0 Å². The lowest BCUT2D eigenvalue weighted by molar-refractivity contribution is -0.139. The number of carbonyl (C=O) groups is 2. The van der Waals surface area contributed by atoms with Crippen LogP contribution in [0.15, 0.2) is 23.4 Å². The molecule has 0 fully saturated rings. The number of thioether (sulfide) groups is 1. The van der Waals surface area contributed by atoms with Crippen LogP contribution in [-0.2, 0) is 9.53 Å². The van der Waals surface area contributed by atoms with Crippen LogP contribution in [0.2, 0.25) is 0 Å². The second kappa shape index (κ2) is 6.12. The van der Waals surface area contributed by atoms with Crippen molar-refractivity contribution in [3.05, 3.63) is 23.9 Å². The molecule has 1 aromatic rings. The maximum atomic E-state index is 11.7. The molecule has 86 valence electrons. The zero-order chi connectivity index (χ0) is 12.0. The van der Waals surface area contributed by atoms with Crippen LogP contribution in [0, 0.1) is 0 Å². The lowest BCUT2D eigenvalue weighted by Gasteiger charge is -2.06. The number of hydrogen-bond acceptors (Lipinski definition) is 5. The minimum Gasteiger partial charge on any atom is -0.468 e. The first-order valence-corrected chi connectivity index (χ1v) is 5.75. The number of methoxy groups -OCH3 is 1. The molecule has 0 radical (unpaired) electrons. The summed E-state index contributed by atoms with van der Waals surface area (Å²) >= 11 is 1.38. The molecule has 1 N–H and O–H groups in total. The molecule has 0 atom stereocenters. The van der Waals surface area contributed by atoms with Gasteiger partial charge in [-0.2, -0.15) is 0 Å². The maximum absolute atomic E-state index is 11.7. The highest BCUT2D eigenvalue weighted by Gasteiger charge is 2.12. The summed E-state index contributed by atoms with van der Waals surface area (Å²) in [6, 6.07) is 3.33. The fraction of sp³-hybridized carbons (Fsp3) is 0.300.